The van der Waals surface area contributed by atoms with Crippen LogP contribution >= 0.6 is 11.6 Å². The van der Waals surface area contributed by atoms with Crippen LogP contribution in [0.5, 0.6) is 5.75 Å². The molecule has 0 saturated heterocycles. The first-order valence-corrected chi connectivity index (χ1v) is 6.16. The van der Waals surface area contributed by atoms with Gasteiger partial charge < -0.3 is 10.1 Å². The second kappa shape index (κ2) is 5.48. The third kappa shape index (κ3) is 2.81. The lowest BCUT2D eigenvalue weighted by Gasteiger charge is -2.09. The van der Waals surface area contributed by atoms with E-state index >= 15 is 0 Å². The molecule has 19 heavy (non-hydrogen) atoms. The second-order valence-electron chi connectivity index (χ2n) is 4.17. The zero-order valence-electron chi connectivity index (χ0n) is 11.0. The standard InChI is InChI=1S/C13H15ClFN3O/c1-8-13(14)11(18(2)17-8)7-16-9-4-5-12(19-3)10(15)6-9/h4-6,16H,7H2,1-3H3. The Hall–Kier alpha value is -1.75. The highest BCUT2D eigenvalue weighted by Gasteiger charge is 2.11. The molecule has 0 unspecified atom stereocenters. The third-order valence-corrected chi connectivity index (χ3v) is 3.37. The van der Waals surface area contributed by atoms with Gasteiger partial charge >= 0.3 is 0 Å². The highest BCUT2D eigenvalue weighted by atomic mass is 35.5. The van der Waals surface area contributed by atoms with Crippen LogP contribution < -0.4 is 10.1 Å². The van der Waals surface area contributed by atoms with E-state index in [4.69, 9.17) is 16.3 Å². The minimum atomic E-state index is -0.403. The molecular weight excluding hydrogens is 269 g/mol. The van der Waals surface area contributed by atoms with Crippen LogP contribution in [0.1, 0.15) is 11.4 Å². The molecule has 4 nitrogen and oxygen atoms in total. The molecule has 6 heteroatoms. The number of benzene rings is 1. The Morgan fingerprint density at radius 1 is 1.47 bits per heavy atom. The average molecular weight is 284 g/mol. The van der Waals surface area contributed by atoms with Gasteiger partial charge in [0.05, 0.1) is 30.1 Å². The van der Waals surface area contributed by atoms with Crippen molar-refractivity contribution in [2.24, 2.45) is 7.05 Å². The Bertz CT molecular complexity index is 598. The summed E-state index contributed by atoms with van der Waals surface area (Å²) in [5.74, 6) is -0.181. The zero-order chi connectivity index (χ0) is 14.0. The molecule has 1 aromatic carbocycles. The van der Waals surface area contributed by atoms with Crippen molar-refractivity contribution in [3.8, 4) is 5.75 Å². The second-order valence-corrected chi connectivity index (χ2v) is 4.55. The van der Waals surface area contributed by atoms with Crippen molar-refractivity contribution < 1.29 is 9.13 Å². The molecule has 0 bridgehead atoms. The van der Waals surface area contributed by atoms with E-state index in [1.165, 1.54) is 13.2 Å². The Morgan fingerprint density at radius 2 is 2.21 bits per heavy atom. The normalized spacial score (nSPS) is 10.6. The van der Waals surface area contributed by atoms with Gasteiger partial charge in [0, 0.05) is 18.8 Å². The summed E-state index contributed by atoms with van der Waals surface area (Å²) in [6.45, 7) is 2.32. The van der Waals surface area contributed by atoms with E-state index in [1.807, 2.05) is 14.0 Å². The van der Waals surface area contributed by atoms with E-state index in [0.717, 1.165) is 11.4 Å². The Labute approximate surface area is 116 Å². The van der Waals surface area contributed by atoms with Crippen LogP contribution in [0.15, 0.2) is 18.2 Å². The van der Waals surface area contributed by atoms with Crippen LogP contribution in [-0.4, -0.2) is 16.9 Å². The maximum Gasteiger partial charge on any atom is 0.167 e. The molecular formula is C13H15ClFN3O. The molecule has 0 spiro atoms. The molecule has 102 valence electrons. The molecule has 2 rings (SSSR count). The fourth-order valence-corrected chi connectivity index (χ4v) is 2.06. The van der Waals surface area contributed by atoms with Gasteiger partial charge in [-0.15, -0.1) is 0 Å². The van der Waals surface area contributed by atoms with Gasteiger partial charge in [-0.2, -0.15) is 5.10 Å². The van der Waals surface area contributed by atoms with Crippen molar-refractivity contribution in [1.82, 2.24) is 9.78 Å². The first-order chi connectivity index (χ1) is 9.02. The van der Waals surface area contributed by atoms with E-state index < -0.39 is 5.82 Å². The van der Waals surface area contributed by atoms with Gasteiger partial charge in [-0.1, -0.05) is 11.6 Å². The highest BCUT2D eigenvalue weighted by molar-refractivity contribution is 6.31. The maximum atomic E-state index is 13.5. The van der Waals surface area contributed by atoms with Crippen LogP contribution in [0.3, 0.4) is 0 Å². The van der Waals surface area contributed by atoms with Crippen LogP contribution in [-0.2, 0) is 13.6 Å². The van der Waals surface area contributed by atoms with E-state index in [2.05, 4.69) is 10.4 Å². The molecule has 0 fully saturated rings. The number of ether oxygens (including phenoxy) is 1. The quantitative estimate of drug-likeness (QED) is 0.937. The molecule has 0 saturated carbocycles. The maximum absolute atomic E-state index is 13.5. The summed E-state index contributed by atoms with van der Waals surface area (Å²) in [7, 11) is 3.26. The van der Waals surface area contributed by atoms with Crippen molar-refractivity contribution in [1.29, 1.82) is 0 Å². The molecule has 2 aromatic rings. The van der Waals surface area contributed by atoms with Crippen molar-refractivity contribution in [3.63, 3.8) is 0 Å². The summed E-state index contributed by atoms with van der Waals surface area (Å²) < 4.78 is 20.1. The first kappa shape index (κ1) is 13.7. The lowest BCUT2D eigenvalue weighted by atomic mass is 10.2. The number of methoxy groups -OCH3 is 1. The lowest BCUT2D eigenvalue weighted by molar-refractivity contribution is 0.386. The van der Waals surface area contributed by atoms with Crippen LogP contribution in [0.4, 0.5) is 10.1 Å². The SMILES string of the molecule is COc1ccc(NCc2c(Cl)c(C)nn2C)cc1F. The number of hydrogen-bond acceptors (Lipinski definition) is 3. The van der Waals surface area contributed by atoms with Crippen LogP contribution in [0, 0.1) is 12.7 Å². The van der Waals surface area contributed by atoms with Gasteiger partial charge in [0.25, 0.3) is 0 Å². The third-order valence-electron chi connectivity index (χ3n) is 2.87. The van der Waals surface area contributed by atoms with Crippen molar-refractivity contribution in [2.45, 2.75) is 13.5 Å². The molecule has 0 radical (unpaired) electrons. The Balaban J connectivity index is 2.12. The largest absolute Gasteiger partial charge is 0.494 e. The fraction of sp³-hybridized carbons (Fsp3) is 0.308. The number of rotatable bonds is 4. The average Bonchev–Trinajstić information content (AvgIpc) is 2.61. The first-order valence-electron chi connectivity index (χ1n) is 5.78. The summed E-state index contributed by atoms with van der Waals surface area (Å²) in [4.78, 5) is 0. The molecule has 0 aliphatic heterocycles. The summed E-state index contributed by atoms with van der Waals surface area (Å²) in [5.41, 5.74) is 2.30. The summed E-state index contributed by atoms with van der Waals surface area (Å²) in [5, 5.41) is 7.95. The summed E-state index contributed by atoms with van der Waals surface area (Å²) >= 11 is 6.14. The number of nitrogens with zero attached hydrogens (tertiary/aromatic N) is 2. The number of halogens is 2. The van der Waals surface area contributed by atoms with Gasteiger partial charge in [-0.25, -0.2) is 4.39 Å². The molecule has 1 aromatic heterocycles. The van der Waals surface area contributed by atoms with Gasteiger partial charge in [-0.3, -0.25) is 4.68 Å². The number of anilines is 1. The molecule has 0 aliphatic carbocycles. The number of aromatic nitrogens is 2. The van der Waals surface area contributed by atoms with E-state index in [-0.39, 0.29) is 5.75 Å². The van der Waals surface area contributed by atoms with Crippen LogP contribution in [0.25, 0.3) is 0 Å². The predicted molar refractivity (Wildman–Crippen MR) is 73.2 cm³/mol. The number of nitrogens with one attached hydrogen (secondary N) is 1. The van der Waals surface area contributed by atoms with Gasteiger partial charge in [0.2, 0.25) is 0 Å². The molecule has 0 aliphatic rings. The number of aryl methyl sites for hydroxylation is 2. The zero-order valence-corrected chi connectivity index (χ0v) is 11.8. The van der Waals surface area contributed by atoms with E-state index in [0.29, 0.717) is 17.3 Å². The molecule has 1 heterocycles. The van der Waals surface area contributed by atoms with Crippen molar-refractivity contribution in [2.75, 3.05) is 12.4 Å². The van der Waals surface area contributed by atoms with E-state index in [1.54, 1.807) is 16.8 Å². The van der Waals surface area contributed by atoms with Gasteiger partial charge in [0.1, 0.15) is 0 Å². The Kier molecular flexibility index (Phi) is 3.95. The Morgan fingerprint density at radius 3 is 2.74 bits per heavy atom. The van der Waals surface area contributed by atoms with Gasteiger partial charge in [0.15, 0.2) is 11.6 Å². The van der Waals surface area contributed by atoms with E-state index in [9.17, 15) is 4.39 Å². The smallest absolute Gasteiger partial charge is 0.167 e. The van der Waals surface area contributed by atoms with Crippen molar-refractivity contribution in [3.05, 3.63) is 40.4 Å². The highest BCUT2D eigenvalue weighted by Crippen LogP contribution is 2.23. The summed E-state index contributed by atoms with van der Waals surface area (Å²) in [6.07, 6.45) is 0. The monoisotopic (exact) mass is 283 g/mol. The molecule has 1 N–H and O–H groups in total. The van der Waals surface area contributed by atoms with Crippen molar-refractivity contribution >= 4 is 17.3 Å². The lowest BCUT2D eigenvalue weighted by Crippen LogP contribution is -2.06. The predicted octanol–water partition coefficient (Wildman–Crippen LogP) is 3.14. The molecule has 0 amide bonds. The minimum Gasteiger partial charge on any atom is -0.494 e. The van der Waals surface area contributed by atoms with Crippen LogP contribution in [0.2, 0.25) is 5.02 Å². The minimum absolute atomic E-state index is 0.222. The van der Waals surface area contributed by atoms with Gasteiger partial charge in [-0.05, 0) is 19.1 Å². The summed E-state index contributed by atoms with van der Waals surface area (Å²) in [6, 6.07) is 4.71. The fourth-order valence-electron chi connectivity index (χ4n) is 1.83. The molecule has 0 atom stereocenters. The topological polar surface area (TPSA) is 39.1 Å². The number of hydrogen-bond donors (Lipinski definition) is 1.